The Hall–Kier alpha value is -0.860. The number of likely N-dealkylation sites (tertiary alicyclic amines) is 1. The van der Waals surface area contributed by atoms with E-state index in [4.69, 9.17) is 0 Å². The van der Waals surface area contributed by atoms with E-state index >= 15 is 0 Å². The van der Waals surface area contributed by atoms with E-state index in [0.717, 1.165) is 12.5 Å². The van der Waals surface area contributed by atoms with Crippen LogP contribution in [0.4, 0.5) is 0 Å². The first-order valence-electron chi connectivity index (χ1n) is 7.17. The van der Waals surface area contributed by atoms with Crippen molar-refractivity contribution < 1.29 is 0 Å². The van der Waals surface area contributed by atoms with Gasteiger partial charge in [0.05, 0.1) is 0 Å². The van der Waals surface area contributed by atoms with Crippen LogP contribution < -0.4 is 5.32 Å². The molecule has 0 bridgehead atoms. The molecule has 0 spiro atoms. The van der Waals surface area contributed by atoms with Gasteiger partial charge < -0.3 is 10.2 Å². The minimum atomic E-state index is 0.458. The molecule has 0 amide bonds. The molecule has 1 heterocycles. The van der Waals surface area contributed by atoms with Crippen LogP contribution in [0.5, 0.6) is 0 Å². The summed E-state index contributed by atoms with van der Waals surface area (Å²) in [6.45, 7) is 3.59. The van der Waals surface area contributed by atoms with Crippen LogP contribution in [-0.2, 0) is 5.41 Å². The lowest BCUT2D eigenvalue weighted by Gasteiger charge is -2.17. The molecule has 1 aromatic carbocycles. The third kappa shape index (κ3) is 2.19. The maximum atomic E-state index is 3.34. The highest BCUT2D eigenvalue weighted by molar-refractivity contribution is 5.35. The van der Waals surface area contributed by atoms with Crippen molar-refractivity contribution in [1.82, 2.24) is 10.2 Å². The van der Waals surface area contributed by atoms with Crippen LogP contribution in [-0.4, -0.2) is 38.6 Å². The van der Waals surface area contributed by atoms with E-state index in [1.54, 1.807) is 0 Å². The highest BCUT2D eigenvalue weighted by Gasteiger charge is 2.43. The summed E-state index contributed by atoms with van der Waals surface area (Å²) in [6.07, 6.45) is 4.01. The van der Waals surface area contributed by atoms with Gasteiger partial charge in [-0.2, -0.15) is 0 Å². The third-order valence-electron chi connectivity index (χ3n) is 4.75. The van der Waals surface area contributed by atoms with E-state index in [-0.39, 0.29) is 0 Å². The van der Waals surface area contributed by atoms with Crippen LogP contribution >= 0.6 is 0 Å². The first-order chi connectivity index (χ1) is 8.73. The Morgan fingerprint density at radius 3 is 2.50 bits per heavy atom. The second-order valence-corrected chi connectivity index (χ2v) is 6.18. The molecule has 1 N–H and O–H groups in total. The zero-order valence-electron chi connectivity index (χ0n) is 11.6. The lowest BCUT2D eigenvalue weighted by molar-refractivity contribution is 0.411. The highest BCUT2D eigenvalue weighted by Crippen LogP contribution is 2.47. The van der Waals surface area contributed by atoms with E-state index in [2.05, 4.69) is 48.6 Å². The molecule has 1 aromatic rings. The molecule has 1 aliphatic heterocycles. The Morgan fingerprint density at radius 1 is 1.28 bits per heavy atom. The van der Waals surface area contributed by atoms with Gasteiger partial charge in [-0.05, 0) is 56.9 Å². The Labute approximate surface area is 110 Å². The number of nitrogens with one attached hydrogen (secondary N) is 1. The summed E-state index contributed by atoms with van der Waals surface area (Å²) in [5.41, 5.74) is 3.52. The predicted molar refractivity (Wildman–Crippen MR) is 76.1 cm³/mol. The van der Waals surface area contributed by atoms with Gasteiger partial charge in [-0.1, -0.05) is 24.3 Å². The van der Waals surface area contributed by atoms with Crippen LogP contribution in [0.2, 0.25) is 0 Å². The molecule has 1 saturated carbocycles. The minimum Gasteiger partial charge on any atom is -0.319 e. The summed E-state index contributed by atoms with van der Waals surface area (Å²) in [5, 5.41) is 3.34. The summed E-state index contributed by atoms with van der Waals surface area (Å²) >= 11 is 0. The monoisotopic (exact) mass is 244 g/mol. The second-order valence-electron chi connectivity index (χ2n) is 6.18. The number of hydrogen-bond donors (Lipinski definition) is 1. The predicted octanol–water partition coefficient (Wildman–Crippen LogP) is 2.36. The maximum Gasteiger partial charge on any atom is 0.00783 e. The van der Waals surface area contributed by atoms with Crippen LogP contribution in [0.25, 0.3) is 0 Å². The van der Waals surface area contributed by atoms with E-state index in [1.807, 2.05) is 0 Å². The van der Waals surface area contributed by atoms with Crippen molar-refractivity contribution in [3.8, 4) is 0 Å². The summed E-state index contributed by atoms with van der Waals surface area (Å²) in [7, 11) is 4.28. The Bertz CT molecular complexity index is 406. The molecule has 2 aliphatic rings. The molecule has 0 radical (unpaired) electrons. The van der Waals surface area contributed by atoms with E-state index in [0.29, 0.717) is 5.41 Å². The Kier molecular flexibility index (Phi) is 3.16. The van der Waals surface area contributed by atoms with Crippen molar-refractivity contribution >= 4 is 0 Å². The largest absolute Gasteiger partial charge is 0.319 e. The third-order valence-corrected chi connectivity index (χ3v) is 4.75. The molecule has 98 valence electrons. The molecule has 1 saturated heterocycles. The Balaban J connectivity index is 1.73. The van der Waals surface area contributed by atoms with Gasteiger partial charge >= 0.3 is 0 Å². The van der Waals surface area contributed by atoms with Crippen molar-refractivity contribution in [3.05, 3.63) is 35.4 Å². The summed E-state index contributed by atoms with van der Waals surface area (Å²) in [6, 6.07) is 9.49. The normalized spacial score (nSPS) is 26.4. The number of nitrogens with zero attached hydrogens (tertiary/aromatic N) is 1. The zero-order valence-corrected chi connectivity index (χ0v) is 11.6. The second kappa shape index (κ2) is 4.67. The van der Waals surface area contributed by atoms with Crippen molar-refractivity contribution in [1.29, 1.82) is 0 Å². The summed E-state index contributed by atoms with van der Waals surface area (Å²) in [4.78, 5) is 2.43. The van der Waals surface area contributed by atoms with Gasteiger partial charge in [-0.3, -0.25) is 0 Å². The molecule has 2 heteroatoms. The van der Waals surface area contributed by atoms with Gasteiger partial charge in [0.2, 0.25) is 0 Å². The first kappa shape index (κ1) is 12.2. The molecule has 3 rings (SSSR count). The fourth-order valence-corrected chi connectivity index (χ4v) is 3.37. The van der Waals surface area contributed by atoms with Gasteiger partial charge in [0.15, 0.2) is 0 Å². The zero-order chi connectivity index (χ0) is 12.6. The molecular formula is C16H24N2. The van der Waals surface area contributed by atoms with Crippen molar-refractivity contribution in [2.75, 3.05) is 33.7 Å². The molecule has 2 nitrogen and oxygen atoms in total. The van der Waals surface area contributed by atoms with E-state index in [1.165, 1.54) is 43.5 Å². The molecule has 0 aromatic heterocycles. The molecule has 1 atom stereocenters. The van der Waals surface area contributed by atoms with E-state index in [9.17, 15) is 0 Å². The molecular weight excluding hydrogens is 220 g/mol. The van der Waals surface area contributed by atoms with Crippen LogP contribution in [0, 0.1) is 0 Å². The smallest absolute Gasteiger partial charge is 0.00783 e. The topological polar surface area (TPSA) is 15.3 Å². The minimum absolute atomic E-state index is 0.458. The summed E-state index contributed by atoms with van der Waals surface area (Å²) < 4.78 is 0. The van der Waals surface area contributed by atoms with Crippen molar-refractivity contribution in [3.63, 3.8) is 0 Å². The van der Waals surface area contributed by atoms with Gasteiger partial charge in [0, 0.05) is 18.5 Å². The average Bonchev–Trinajstić information content (AvgIpc) is 3.04. The molecule has 18 heavy (non-hydrogen) atoms. The molecule has 2 fully saturated rings. The standard InChI is InChI=1S/C16H24N2/c1-17-12-16(8-9-16)15-5-3-13(4-6-15)14-7-10-18(2)11-14/h3-6,14,17H,7-12H2,1-2H3. The van der Waals surface area contributed by atoms with E-state index < -0.39 is 0 Å². The number of likely N-dealkylation sites (N-methyl/N-ethyl adjacent to an activating group) is 2. The van der Waals surface area contributed by atoms with Crippen molar-refractivity contribution in [2.24, 2.45) is 0 Å². The van der Waals surface area contributed by atoms with Crippen LogP contribution in [0.1, 0.15) is 36.3 Å². The number of rotatable bonds is 4. The number of benzene rings is 1. The van der Waals surface area contributed by atoms with Crippen LogP contribution in [0.3, 0.4) is 0 Å². The lowest BCUT2D eigenvalue weighted by atomic mass is 9.91. The lowest BCUT2D eigenvalue weighted by Crippen LogP contribution is -2.23. The first-order valence-corrected chi connectivity index (χ1v) is 7.17. The quantitative estimate of drug-likeness (QED) is 0.874. The van der Waals surface area contributed by atoms with Gasteiger partial charge in [-0.15, -0.1) is 0 Å². The molecule has 1 aliphatic carbocycles. The molecule has 1 unspecified atom stereocenters. The fraction of sp³-hybridized carbons (Fsp3) is 0.625. The van der Waals surface area contributed by atoms with Gasteiger partial charge in [-0.25, -0.2) is 0 Å². The number of hydrogen-bond acceptors (Lipinski definition) is 2. The van der Waals surface area contributed by atoms with Crippen LogP contribution in [0.15, 0.2) is 24.3 Å². The van der Waals surface area contributed by atoms with Crippen molar-refractivity contribution in [2.45, 2.75) is 30.6 Å². The maximum absolute atomic E-state index is 3.34. The SMILES string of the molecule is CNCC1(c2ccc(C3CCN(C)C3)cc2)CC1. The summed E-state index contributed by atoms with van der Waals surface area (Å²) in [5.74, 6) is 0.753. The average molecular weight is 244 g/mol. The van der Waals surface area contributed by atoms with Gasteiger partial charge in [0.1, 0.15) is 0 Å². The highest BCUT2D eigenvalue weighted by atomic mass is 15.1. The fourth-order valence-electron chi connectivity index (χ4n) is 3.37. The van der Waals surface area contributed by atoms with Gasteiger partial charge in [0.25, 0.3) is 0 Å². The Morgan fingerprint density at radius 2 is 2.00 bits per heavy atom.